The Labute approximate surface area is 202 Å². The van der Waals surface area contributed by atoms with Crippen molar-refractivity contribution in [3.8, 4) is 11.5 Å². The molecule has 0 saturated heterocycles. The Morgan fingerprint density at radius 1 is 1.29 bits per heavy atom. The molecular weight excluding hydrogens is 474 g/mol. The van der Waals surface area contributed by atoms with Crippen LogP contribution in [0.5, 0.6) is 11.5 Å². The highest BCUT2D eigenvalue weighted by Gasteiger charge is 2.32. The fourth-order valence-corrected chi connectivity index (χ4v) is 5.06. The maximum absolute atomic E-state index is 13.3. The number of hydrogen-bond acceptors (Lipinski definition) is 9. The number of nitrogens with zero attached hydrogens (tertiary/aromatic N) is 3. The molecule has 11 heteroatoms. The third kappa shape index (κ3) is 3.99. The summed E-state index contributed by atoms with van der Waals surface area (Å²) in [6, 6.07) is 10.6. The van der Waals surface area contributed by atoms with Gasteiger partial charge in [-0.3, -0.25) is 19.5 Å². The summed E-state index contributed by atoms with van der Waals surface area (Å²) in [6.45, 7) is 3.66. The zero-order valence-corrected chi connectivity index (χ0v) is 19.5. The van der Waals surface area contributed by atoms with Gasteiger partial charge in [-0.15, -0.1) is 0 Å². The number of thiazole rings is 1. The highest BCUT2D eigenvalue weighted by atomic mass is 32.1. The van der Waals surface area contributed by atoms with Crippen LogP contribution in [0.15, 0.2) is 57.8 Å². The molecule has 1 aromatic heterocycles. The second-order valence-corrected chi connectivity index (χ2v) is 8.76. The highest BCUT2D eigenvalue weighted by molar-refractivity contribution is 7.07. The van der Waals surface area contributed by atoms with E-state index in [2.05, 4.69) is 0 Å². The van der Waals surface area contributed by atoms with Crippen molar-refractivity contribution >= 4 is 34.8 Å². The minimum absolute atomic E-state index is 0.0756. The van der Waals surface area contributed by atoms with Crippen LogP contribution in [0.25, 0.3) is 11.8 Å². The van der Waals surface area contributed by atoms with Gasteiger partial charge < -0.3 is 14.2 Å². The first-order valence-electron chi connectivity index (χ1n) is 10.7. The van der Waals surface area contributed by atoms with Gasteiger partial charge in [0.05, 0.1) is 21.6 Å². The van der Waals surface area contributed by atoms with Gasteiger partial charge in [0, 0.05) is 17.8 Å². The van der Waals surface area contributed by atoms with Crippen LogP contribution in [-0.4, -0.2) is 28.9 Å². The molecule has 0 bridgehead atoms. The third-order valence-electron chi connectivity index (χ3n) is 5.63. The minimum atomic E-state index is -0.715. The van der Waals surface area contributed by atoms with Crippen molar-refractivity contribution in [2.75, 3.05) is 13.4 Å². The second kappa shape index (κ2) is 8.84. The number of fused-ring (bicyclic) bond motifs is 2. The largest absolute Gasteiger partial charge is 0.463 e. The molecule has 2 aromatic carbocycles. The lowest BCUT2D eigenvalue weighted by molar-refractivity contribution is -0.384. The first kappa shape index (κ1) is 22.5. The number of allylic oxidation sites excluding steroid dienone is 1. The van der Waals surface area contributed by atoms with Crippen molar-refractivity contribution in [3.05, 3.63) is 89.0 Å². The zero-order chi connectivity index (χ0) is 24.7. The molecule has 0 amide bonds. The normalized spacial score (nSPS) is 16.6. The Morgan fingerprint density at radius 3 is 2.86 bits per heavy atom. The molecule has 1 atom stereocenters. The molecule has 2 aliphatic heterocycles. The first-order valence-corrected chi connectivity index (χ1v) is 11.5. The van der Waals surface area contributed by atoms with Gasteiger partial charge in [-0.2, -0.15) is 0 Å². The summed E-state index contributed by atoms with van der Waals surface area (Å²) in [4.78, 5) is 42.0. The number of non-ortho nitro benzene ring substituents is 1. The van der Waals surface area contributed by atoms with E-state index >= 15 is 0 Å². The fraction of sp³-hybridized carbons (Fsp3) is 0.208. The summed E-state index contributed by atoms with van der Waals surface area (Å²) in [7, 11) is 0. The van der Waals surface area contributed by atoms with E-state index in [0.29, 0.717) is 37.7 Å². The van der Waals surface area contributed by atoms with Crippen LogP contribution >= 0.6 is 11.3 Å². The molecule has 0 fully saturated rings. The summed E-state index contributed by atoms with van der Waals surface area (Å²) < 4.78 is 17.9. The molecule has 0 unspecified atom stereocenters. The number of rotatable bonds is 5. The Bertz CT molecular complexity index is 1590. The van der Waals surface area contributed by atoms with Gasteiger partial charge in [0.1, 0.15) is 6.04 Å². The van der Waals surface area contributed by atoms with Crippen LogP contribution in [0.1, 0.15) is 31.0 Å². The third-order valence-corrected chi connectivity index (χ3v) is 6.61. The number of ether oxygens (including phenoxy) is 3. The molecule has 3 heterocycles. The molecule has 0 saturated carbocycles. The van der Waals surface area contributed by atoms with E-state index < -0.39 is 16.9 Å². The fourth-order valence-electron chi connectivity index (χ4n) is 4.02. The van der Waals surface area contributed by atoms with Crippen LogP contribution in [0.3, 0.4) is 0 Å². The first-order chi connectivity index (χ1) is 16.9. The van der Waals surface area contributed by atoms with Crippen molar-refractivity contribution in [1.82, 2.24) is 4.57 Å². The molecule has 2 aliphatic rings. The number of nitro benzene ring substituents is 1. The van der Waals surface area contributed by atoms with Crippen molar-refractivity contribution in [2.45, 2.75) is 19.9 Å². The Kier molecular flexibility index (Phi) is 5.69. The predicted molar refractivity (Wildman–Crippen MR) is 127 cm³/mol. The molecule has 10 nitrogen and oxygen atoms in total. The minimum Gasteiger partial charge on any atom is -0.463 e. The number of benzene rings is 2. The van der Waals surface area contributed by atoms with E-state index in [-0.39, 0.29) is 30.2 Å². The van der Waals surface area contributed by atoms with E-state index in [1.54, 1.807) is 50.3 Å². The standard InChI is InChI=1S/C24H19N3O7S/c1-3-32-23(29)20-13(2)26-22(28)19(10-14-5-4-6-16(9-14)27(30)31)35-24(26)25-21(20)15-7-8-17-18(11-15)34-12-33-17/h4-11,21H,3,12H2,1-2H3/b19-10-/t21-/m0/s1. The highest BCUT2D eigenvalue weighted by Crippen LogP contribution is 2.38. The molecule has 3 aromatic rings. The quantitative estimate of drug-likeness (QED) is 0.304. The molecule has 178 valence electrons. The molecule has 35 heavy (non-hydrogen) atoms. The molecule has 0 radical (unpaired) electrons. The smallest absolute Gasteiger partial charge is 0.338 e. The lowest BCUT2D eigenvalue weighted by atomic mass is 9.96. The van der Waals surface area contributed by atoms with Gasteiger partial charge in [-0.25, -0.2) is 9.79 Å². The topological polar surface area (TPSA) is 122 Å². The number of nitro groups is 1. The number of carbonyl (C=O) groups is 1. The van der Waals surface area contributed by atoms with Gasteiger partial charge in [0.2, 0.25) is 6.79 Å². The Balaban J connectivity index is 1.69. The lowest BCUT2D eigenvalue weighted by Crippen LogP contribution is -2.35. The van der Waals surface area contributed by atoms with Gasteiger partial charge in [0.25, 0.3) is 11.2 Å². The number of hydrogen-bond donors (Lipinski definition) is 0. The van der Waals surface area contributed by atoms with Crippen molar-refractivity contribution in [2.24, 2.45) is 4.99 Å². The monoisotopic (exact) mass is 493 g/mol. The van der Waals surface area contributed by atoms with Crippen molar-refractivity contribution < 1.29 is 23.9 Å². The lowest BCUT2D eigenvalue weighted by Gasteiger charge is -2.22. The van der Waals surface area contributed by atoms with Crippen LogP contribution in [0.4, 0.5) is 5.69 Å². The van der Waals surface area contributed by atoms with Gasteiger partial charge in [0.15, 0.2) is 16.3 Å². The summed E-state index contributed by atoms with van der Waals surface area (Å²) in [5.41, 5.74) is 1.41. The van der Waals surface area contributed by atoms with E-state index in [1.807, 2.05) is 0 Å². The van der Waals surface area contributed by atoms with Crippen LogP contribution in [-0.2, 0) is 9.53 Å². The summed E-state index contributed by atoms with van der Waals surface area (Å²) >= 11 is 1.14. The Morgan fingerprint density at radius 2 is 2.09 bits per heavy atom. The van der Waals surface area contributed by atoms with E-state index in [4.69, 9.17) is 19.2 Å². The number of esters is 1. The summed E-state index contributed by atoms with van der Waals surface area (Å²) in [5.74, 6) is 0.585. The zero-order valence-electron chi connectivity index (χ0n) is 18.7. The van der Waals surface area contributed by atoms with Gasteiger partial charge in [-0.05, 0) is 43.2 Å². The maximum atomic E-state index is 13.3. The van der Waals surface area contributed by atoms with E-state index in [1.165, 1.54) is 16.7 Å². The summed E-state index contributed by atoms with van der Waals surface area (Å²) in [6.07, 6.45) is 1.58. The van der Waals surface area contributed by atoms with Crippen molar-refractivity contribution in [1.29, 1.82) is 0 Å². The molecule has 5 rings (SSSR count). The SMILES string of the molecule is CCOC(=O)C1=C(C)n2c(s/c(=C\c3cccc([N+](=O)[O-])c3)c2=O)=N[C@H]1c1ccc2c(c1)OCO2. The molecule has 0 N–H and O–H groups in total. The Hall–Kier alpha value is -4.25. The average molecular weight is 493 g/mol. The predicted octanol–water partition coefficient (Wildman–Crippen LogP) is 2.54. The van der Waals surface area contributed by atoms with Crippen LogP contribution in [0, 0.1) is 10.1 Å². The van der Waals surface area contributed by atoms with Crippen LogP contribution < -0.4 is 24.4 Å². The maximum Gasteiger partial charge on any atom is 0.338 e. The van der Waals surface area contributed by atoms with Gasteiger partial charge >= 0.3 is 5.97 Å². The number of carbonyl (C=O) groups excluding carboxylic acids is 1. The van der Waals surface area contributed by atoms with Gasteiger partial charge in [-0.1, -0.05) is 29.5 Å². The summed E-state index contributed by atoms with van der Waals surface area (Å²) in [5, 5.41) is 11.1. The average Bonchev–Trinajstić information content (AvgIpc) is 3.43. The second-order valence-electron chi connectivity index (χ2n) is 7.75. The van der Waals surface area contributed by atoms with Crippen LogP contribution in [0.2, 0.25) is 0 Å². The molecular formula is C24H19N3O7S. The molecule has 0 spiro atoms. The van der Waals surface area contributed by atoms with E-state index in [9.17, 15) is 19.7 Å². The van der Waals surface area contributed by atoms with Crippen molar-refractivity contribution in [3.63, 3.8) is 0 Å². The number of aromatic nitrogens is 1. The van der Waals surface area contributed by atoms with E-state index in [0.717, 1.165) is 11.3 Å². The molecule has 0 aliphatic carbocycles.